The topological polar surface area (TPSA) is 154 Å². The van der Waals surface area contributed by atoms with E-state index < -0.39 is 23.4 Å². The number of amides is 1. The molecule has 3 rings (SSSR count). The van der Waals surface area contributed by atoms with Crippen LogP contribution in [0.15, 0.2) is 40.8 Å². The van der Waals surface area contributed by atoms with Gasteiger partial charge in [0, 0.05) is 16.7 Å². The summed E-state index contributed by atoms with van der Waals surface area (Å²) < 4.78 is 21.2. The number of hydrogen-bond donors (Lipinski definition) is 1. The van der Waals surface area contributed by atoms with Gasteiger partial charge in [0.25, 0.3) is 5.91 Å². The van der Waals surface area contributed by atoms with E-state index in [1.54, 1.807) is 13.8 Å². The number of rotatable bonds is 8. The van der Waals surface area contributed by atoms with E-state index in [0.29, 0.717) is 11.3 Å². The highest BCUT2D eigenvalue weighted by Crippen LogP contribution is 2.38. The van der Waals surface area contributed by atoms with E-state index in [1.165, 1.54) is 37.4 Å². The highest BCUT2D eigenvalue weighted by molar-refractivity contribution is 6.30. The van der Waals surface area contributed by atoms with Crippen molar-refractivity contribution in [3.8, 4) is 23.3 Å². The van der Waals surface area contributed by atoms with Gasteiger partial charge in [0.2, 0.25) is 11.6 Å². The Hall–Kier alpha value is -4.56. The van der Waals surface area contributed by atoms with E-state index >= 15 is 0 Å². The number of ether oxygens (including phenoxy) is 3. The third kappa shape index (κ3) is 5.69. The van der Waals surface area contributed by atoms with Crippen molar-refractivity contribution >= 4 is 35.0 Å². The number of carbonyl (C=O) groups is 2. The van der Waals surface area contributed by atoms with Gasteiger partial charge in [-0.3, -0.25) is 20.2 Å². The summed E-state index contributed by atoms with van der Waals surface area (Å²) in [5.74, 6) is -0.978. The zero-order chi connectivity index (χ0) is 25.7. The van der Waals surface area contributed by atoms with Crippen LogP contribution >= 0.6 is 11.6 Å². The van der Waals surface area contributed by atoms with Crippen LogP contribution in [0.2, 0.25) is 5.02 Å². The molecule has 1 amide bonds. The summed E-state index contributed by atoms with van der Waals surface area (Å²) in [4.78, 5) is 35.2. The molecule has 0 aliphatic heterocycles. The first-order valence-electron chi connectivity index (χ1n) is 9.91. The smallest absolute Gasteiger partial charge is 0.338 e. The second kappa shape index (κ2) is 10.6. The van der Waals surface area contributed by atoms with Crippen LogP contribution in [-0.4, -0.2) is 30.5 Å². The van der Waals surface area contributed by atoms with Crippen molar-refractivity contribution in [1.82, 2.24) is 0 Å². The number of furan rings is 1. The lowest BCUT2D eigenvalue weighted by molar-refractivity contribution is -0.385. The number of methoxy groups -OCH3 is 1. The van der Waals surface area contributed by atoms with Gasteiger partial charge in [0.15, 0.2) is 18.1 Å². The van der Waals surface area contributed by atoms with E-state index in [1.807, 2.05) is 6.07 Å². The van der Waals surface area contributed by atoms with Gasteiger partial charge in [-0.25, -0.2) is 4.79 Å². The molecule has 180 valence electrons. The first-order valence-corrected chi connectivity index (χ1v) is 10.3. The second-order valence-corrected chi connectivity index (χ2v) is 7.50. The molecule has 3 aromatic rings. The highest BCUT2D eigenvalue weighted by Gasteiger charge is 2.21. The van der Waals surface area contributed by atoms with Gasteiger partial charge < -0.3 is 18.6 Å². The molecule has 0 aliphatic carbocycles. The largest absolute Gasteiger partial charge is 0.493 e. The molecule has 11 nitrogen and oxygen atoms in total. The Balaban J connectivity index is 1.70. The number of halogens is 1. The quantitative estimate of drug-likeness (QED) is 0.258. The average Bonchev–Trinajstić information content (AvgIpc) is 3.10. The van der Waals surface area contributed by atoms with Crippen molar-refractivity contribution in [2.45, 2.75) is 13.8 Å². The Morgan fingerprint density at radius 3 is 2.54 bits per heavy atom. The molecule has 0 radical (unpaired) electrons. The zero-order valence-electron chi connectivity index (χ0n) is 18.7. The maximum atomic E-state index is 12.4. The number of nitrogens with one attached hydrogen (secondary N) is 1. The molecule has 0 spiro atoms. The molecule has 0 aliphatic rings. The number of esters is 1. The lowest BCUT2D eigenvalue weighted by Crippen LogP contribution is -2.21. The van der Waals surface area contributed by atoms with E-state index in [4.69, 9.17) is 30.2 Å². The molecular formula is C23H18ClN3O8. The molecule has 2 aromatic carbocycles. The summed E-state index contributed by atoms with van der Waals surface area (Å²) in [6.45, 7) is 2.69. The summed E-state index contributed by atoms with van der Waals surface area (Å²) in [7, 11) is 1.32. The van der Waals surface area contributed by atoms with E-state index in [-0.39, 0.29) is 45.0 Å². The van der Waals surface area contributed by atoms with Gasteiger partial charge in [-0.05, 0) is 44.2 Å². The van der Waals surface area contributed by atoms with Gasteiger partial charge >= 0.3 is 11.7 Å². The monoisotopic (exact) mass is 499 g/mol. The minimum absolute atomic E-state index is 0.0250. The molecule has 1 aromatic heterocycles. The number of nitro groups is 1. The molecule has 0 fully saturated rings. The summed E-state index contributed by atoms with van der Waals surface area (Å²) in [6.07, 6.45) is 0. The average molecular weight is 500 g/mol. The second-order valence-electron chi connectivity index (χ2n) is 7.06. The fraction of sp³-hybridized carbons (Fsp3) is 0.174. The van der Waals surface area contributed by atoms with Crippen molar-refractivity contribution in [3.05, 3.63) is 74.0 Å². The van der Waals surface area contributed by atoms with Crippen LogP contribution in [0.5, 0.6) is 17.2 Å². The van der Waals surface area contributed by atoms with E-state index in [9.17, 15) is 25.0 Å². The van der Waals surface area contributed by atoms with Crippen molar-refractivity contribution in [2.24, 2.45) is 0 Å². The lowest BCUT2D eigenvalue weighted by atomic mass is 10.2. The van der Waals surface area contributed by atoms with Crippen LogP contribution in [0.25, 0.3) is 0 Å². The normalized spacial score (nSPS) is 10.3. The predicted octanol–water partition coefficient (Wildman–Crippen LogP) is 4.93. The molecule has 35 heavy (non-hydrogen) atoms. The third-order valence-corrected chi connectivity index (χ3v) is 5.06. The number of hydrogen-bond acceptors (Lipinski definition) is 9. The Kier molecular flexibility index (Phi) is 7.58. The molecular weight excluding hydrogens is 482 g/mol. The van der Waals surface area contributed by atoms with Crippen LogP contribution < -0.4 is 14.8 Å². The maximum Gasteiger partial charge on any atom is 0.338 e. The van der Waals surface area contributed by atoms with Crippen molar-refractivity contribution < 1.29 is 33.1 Å². The minimum atomic E-state index is -0.838. The molecule has 0 saturated heterocycles. The van der Waals surface area contributed by atoms with Gasteiger partial charge in [-0.1, -0.05) is 11.6 Å². The number of carbonyl (C=O) groups excluding carboxylic acids is 2. The van der Waals surface area contributed by atoms with Crippen molar-refractivity contribution in [1.29, 1.82) is 5.26 Å². The Morgan fingerprint density at radius 1 is 1.17 bits per heavy atom. The molecule has 0 unspecified atom stereocenters. The van der Waals surface area contributed by atoms with Gasteiger partial charge in [-0.2, -0.15) is 5.26 Å². The van der Waals surface area contributed by atoms with Crippen LogP contribution in [0.1, 0.15) is 27.2 Å². The van der Waals surface area contributed by atoms with Crippen molar-refractivity contribution in [2.75, 3.05) is 19.0 Å². The Labute approximate surface area is 203 Å². The van der Waals surface area contributed by atoms with E-state index in [2.05, 4.69) is 5.32 Å². The van der Waals surface area contributed by atoms with Crippen LogP contribution in [0.4, 0.5) is 11.6 Å². The number of nitriles is 1. The Morgan fingerprint density at radius 2 is 1.89 bits per heavy atom. The number of nitro benzene ring substituents is 1. The minimum Gasteiger partial charge on any atom is -0.493 e. The van der Waals surface area contributed by atoms with E-state index in [0.717, 1.165) is 6.07 Å². The van der Waals surface area contributed by atoms with Crippen LogP contribution in [0, 0.1) is 35.3 Å². The molecule has 0 bridgehead atoms. The number of benzene rings is 2. The standard InChI is InChI=1S/C23H18ClN3O8/c1-12-13(2)34-22(16(12)10-25)26-21(28)11-33-23(29)14-4-6-19(20(8-14)32-3)35-18-7-5-15(24)9-17(18)27(30)31/h4-9H,11H2,1-3H3,(H,26,28). The van der Waals surface area contributed by atoms with Crippen LogP contribution in [-0.2, 0) is 9.53 Å². The summed E-state index contributed by atoms with van der Waals surface area (Å²) in [6, 6.07) is 9.85. The third-order valence-electron chi connectivity index (χ3n) is 4.82. The van der Waals surface area contributed by atoms with Gasteiger partial charge in [0.05, 0.1) is 17.6 Å². The molecule has 1 heterocycles. The predicted molar refractivity (Wildman–Crippen MR) is 123 cm³/mol. The SMILES string of the molecule is COc1cc(C(=O)OCC(=O)Nc2oc(C)c(C)c2C#N)ccc1Oc1ccc(Cl)cc1[N+](=O)[O-]. The highest BCUT2D eigenvalue weighted by atomic mass is 35.5. The first kappa shape index (κ1) is 25.1. The fourth-order valence-electron chi connectivity index (χ4n) is 2.94. The summed E-state index contributed by atoms with van der Waals surface area (Å²) >= 11 is 5.81. The van der Waals surface area contributed by atoms with Gasteiger partial charge in [0.1, 0.15) is 17.4 Å². The maximum absolute atomic E-state index is 12.4. The number of aryl methyl sites for hydroxylation is 1. The fourth-order valence-corrected chi connectivity index (χ4v) is 3.11. The molecule has 0 atom stereocenters. The summed E-state index contributed by atoms with van der Waals surface area (Å²) in [5, 5.41) is 23.0. The summed E-state index contributed by atoms with van der Waals surface area (Å²) in [5.41, 5.74) is 0.465. The number of anilines is 1. The van der Waals surface area contributed by atoms with Crippen LogP contribution in [0.3, 0.4) is 0 Å². The number of nitrogens with zero attached hydrogens (tertiary/aromatic N) is 2. The Bertz CT molecular complexity index is 1360. The first-order chi connectivity index (χ1) is 16.6. The van der Waals surface area contributed by atoms with Crippen molar-refractivity contribution in [3.63, 3.8) is 0 Å². The van der Waals surface area contributed by atoms with Gasteiger partial charge in [-0.15, -0.1) is 0 Å². The molecule has 0 saturated carbocycles. The zero-order valence-corrected chi connectivity index (χ0v) is 19.5. The molecule has 12 heteroatoms. The molecule has 1 N–H and O–H groups in total. The lowest BCUT2D eigenvalue weighted by Gasteiger charge is -2.12.